The number of ether oxygens (including phenoxy) is 2. The van der Waals surface area contributed by atoms with Gasteiger partial charge in [0.15, 0.2) is 0 Å². The molecule has 4 nitrogen and oxygen atoms in total. The van der Waals surface area contributed by atoms with Crippen LogP contribution >= 0.6 is 11.3 Å². The summed E-state index contributed by atoms with van der Waals surface area (Å²) in [6, 6.07) is 12.5. The molecule has 1 aliphatic carbocycles. The van der Waals surface area contributed by atoms with Crippen LogP contribution in [-0.2, 0) is 9.47 Å². The minimum absolute atomic E-state index is 0.132. The van der Waals surface area contributed by atoms with Gasteiger partial charge in [0.05, 0.1) is 17.9 Å². The molecular weight excluding hydrogens is 425 g/mol. The molecule has 32 heavy (non-hydrogen) atoms. The van der Waals surface area contributed by atoms with Gasteiger partial charge in [-0.3, -0.25) is 5.32 Å². The lowest BCUT2D eigenvalue weighted by Gasteiger charge is -2.23. The molecule has 1 aromatic heterocycles. The van der Waals surface area contributed by atoms with Gasteiger partial charge >= 0.3 is 6.09 Å². The highest BCUT2D eigenvalue weighted by Crippen LogP contribution is 2.45. The molecule has 1 N–H and O–H groups in total. The van der Waals surface area contributed by atoms with Gasteiger partial charge in [-0.15, -0.1) is 11.3 Å². The van der Waals surface area contributed by atoms with Crippen LogP contribution in [-0.4, -0.2) is 24.4 Å². The Kier molecular flexibility index (Phi) is 5.91. The second-order valence-corrected chi connectivity index (χ2v) is 9.77. The number of epoxide rings is 1. The Bertz CT molecular complexity index is 1110. The fourth-order valence-corrected chi connectivity index (χ4v) is 6.12. The number of rotatable bonds is 5. The average molecular weight is 454 g/mol. The van der Waals surface area contributed by atoms with Crippen molar-refractivity contribution in [3.05, 3.63) is 53.7 Å². The first-order valence-corrected chi connectivity index (χ1v) is 12.3. The van der Waals surface area contributed by atoms with Crippen molar-refractivity contribution >= 4 is 33.2 Å². The zero-order valence-corrected chi connectivity index (χ0v) is 19.2. The smallest absolute Gasteiger partial charge is 0.411 e. The van der Waals surface area contributed by atoms with Gasteiger partial charge in [0.25, 0.3) is 0 Å². The van der Waals surface area contributed by atoms with Crippen LogP contribution in [0.4, 0.5) is 14.9 Å². The van der Waals surface area contributed by atoms with Crippen LogP contribution in [0.1, 0.15) is 39.5 Å². The molecule has 5 atom stereocenters. The Morgan fingerprint density at radius 3 is 2.53 bits per heavy atom. The summed E-state index contributed by atoms with van der Waals surface area (Å²) in [5.41, 5.74) is 2.12. The third-order valence-corrected chi connectivity index (χ3v) is 7.90. The summed E-state index contributed by atoms with van der Waals surface area (Å²) >= 11 is 1.60. The summed E-state index contributed by atoms with van der Waals surface area (Å²) in [5, 5.41) is 5.94. The quantitative estimate of drug-likeness (QED) is 0.414. The van der Waals surface area contributed by atoms with E-state index in [1.165, 1.54) is 12.1 Å². The van der Waals surface area contributed by atoms with E-state index in [1.54, 1.807) is 17.4 Å². The number of nitrogens with one attached hydrogen (secondary N) is 1. The Morgan fingerprint density at radius 1 is 1.09 bits per heavy atom. The highest BCUT2D eigenvalue weighted by Gasteiger charge is 2.51. The van der Waals surface area contributed by atoms with Gasteiger partial charge in [-0.2, -0.15) is 0 Å². The predicted octanol–water partition coefficient (Wildman–Crippen LogP) is 7.24. The van der Waals surface area contributed by atoms with Crippen molar-refractivity contribution in [1.82, 2.24) is 0 Å². The average Bonchev–Trinajstić information content (AvgIpc) is 3.49. The van der Waals surface area contributed by atoms with Gasteiger partial charge < -0.3 is 9.47 Å². The van der Waals surface area contributed by atoms with E-state index in [2.05, 4.69) is 19.2 Å². The molecular formula is C26H28FNO3S. The zero-order chi connectivity index (χ0) is 22.2. The molecule has 0 radical (unpaired) electrons. The Morgan fingerprint density at radius 2 is 1.81 bits per heavy atom. The molecule has 0 unspecified atom stereocenters. The van der Waals surface area contributed by atoms with Gasteiger partial charge in [0, 0.05) is 21.2 Å². The largest absolute Gasteiger partial charge is 0.446 e. The summed E-state index contributed by atoms with van der Waals surface area (Å²) in [6.07, 6.45) is 3.71. The second-order valence-electron chi connectivity index (χ2n) is 8.86. The molecule has 1 amide bonds. The number of carbonyl (C=O) groups is 1. The normalized spacial score (nSPS) is 26.9. The fraction of sp³-hybridized carbons (Fsp3) is 0.423. The van der Waals surface area contributed by atoms with E-state index in [0.717, 1.165) is 41.3 Å². The van der Waals surface area contributed by atoms with E-state index in [4.69, 9.17) is 9.47 Å². The van der Waals surface area contributed by atoms with Gasteiger partial charge in [0.1, 0.15) is 11.9 Å². The highest BCUT2D eigenvalue weighted by atomic mass is 32.1. The number of hydrogen-bond donors (Lipinski definition) is 1. The SMILES string of the molecule is CC[C@@H]1C[C@@H](OC(=O)Nc2ccc(F)cc2-c2csc3ccccc23)C[C@H](CC)[C@@H]2O[C@H]12. The molecule has 5 rings (SSSR count). The lowest BCUT2D eigenvalue weighted by Crippen LogP contribution is -2.26. The molecule has 2 fully saturated rings. The Labute approximate surface area is 191 Å². The van der Waals surface area contributed by atoms with Crippen molar-refractivity contribution in [2.75, 3.05) is 5.32 Å². The van der Waals surface area contributed by atoms with Crippen molar-refractivity contribution in [3.63, 3.8) is 0 Å². The Hall–Kier alpha value is -2.44. The summed E-state index contributed by atoms with van der Waals surface area (Å²) < 4.78 is 27.1. The fourth-order valence-electron chi connectivity index (χ4n) is 5.15. The van der Waals surface area contributed by atoms with Crippen molar-refractivity contribution in [2.45, 2.75) is 57.8 Å². The molecule has 6 heteroatoms. The predicted molar refractivity (Wildman–Crippen MR) is 127 cm³/mol. The first-order valence-electron chi connectivity index (χ1n) is 11.5. The third-order valence-electron chi connectivity index (χ3n) is 6.93. The lowest BCUT2D eigenvalue weighted by molar-refractivity contribution is 0.0680. The minimum atomic E-state index is -0.483. The van der Waals surface area contributed by atoms with Crippen LogP contribution < -0.4 is 5.32 Å². The Balaban J connectivity index is 1.36. The molecule has 1 aliphatic heterocycles. The standard InChI is InChI=1S/C26H28FNO3S/c1-3-15-11-18(12-16(4-2)25-24(15)31-25)30-26(29)28-22-10-9-17(27)13-20(22)21-14-32-23-8-6-5-7-19(21)23/h5-10,13-16,18,24-25H,3-4,11-12H2,1-2H3,(H,28,29)/t15-,16+,18-,24-,25+. The van der Waals surface area contributed by atoms with Crippen LogP contribution in [0.2, 0.25) is 0 Å². The van der Waals surface area contributed by atoms with Gasteiger partial charge in [-0.05, 0) is 54.3 Å². The number of amides is 1. The molecule has 3 aromatic rings. The van der Waals surface area contributed by atoms with Crippen LogP contribution in [0.15, 0.2) is 47.8 Å². The summed E-state index contributed by atoms with van der Waals surface area (Å²) in [6.45, 7) is 4.34. The first-order chi connectivity index (χ1) is 15.6. The topological polar surface area (TPSA) is 50.9 Å². The summed E-state index contributed by atoms with van der Waals surface area (Å²) in [4.78, 5) is 12.9. The third kappa shape index (κ3) is 4.14. The van der Waals surface area contributed by atoms with Gasteiger partial charge in [0.2, 0.25) is 0 Å². The zero-order valence-electron chi connectivity index (χ0n) is 18.3. The van der Waals surface area contributed by atoms with Crippen molar-refractivity contribution in [2.24, 2.45) is 11.8 Å². The molecule has 0 spiro atoms. The molecule has 2 aliphatic rings. The number of fused-ring (bicyclic) bond motifs is 2. The van der Waals surface area contributed by atoms with Crippen molar-refractivity contribution in [1.29, 1.82) is 0 Å². The molecule has 168 valence electrons. The van der Waals surface area contributed by atoms with E-state index in [-0.39, 0.29) is 11.9 Å². The van der Waals surface area contributed by atoms with Gasteiger partial charge in [-0.25, -0.2) is 9.18 Å². The first kappa shape index (κ1) is 21.4. The molecule has 1 saturated carbocycles. The number of benzene rings is 2. The summed E-state index contributed by atoms with van der Waals surface area (Å²) in [5.74, 6) is 0.509. The maximum atomic E-state index is 14.1. The molecule has 2 heterocycles. The van der Waals surface area contributed by atoms with Gasteiger partial charge in [-0.1, -0.05) is 44.9 Å². The number of thiophene rings is 1. The van der Waals surface area contributed by atoms with E-state index < -0.39 is 6.09 Å². The summed E-state index contributed by atoms with van der Waals surface area (Å²) in [7, 11) is 0. The van der Waals surface area contributed by atoms with E-state index >= 15 is 0 Å². The monoisotopic (exact) mass is 453 g/mol. The van der Waals surface area contributed by atoms with Crippen LogP contribution in [0.5, 0.6) is 0 Å². The van der Waals surface area contributed by atoms with Crippen molar-refractivity contribution < 1.29 is 18.7 Å². The highest BCUT2D eigenvalue weighted by molar-refractivity contribution is 7.17. The van der Waals surface area contributed by atoms with E-state index in [0.29, 0.717) is 35.3 Å². The van der Waals surface area contributed by atoms with Crippen LogP contribution in [0.25, 0.3) is 21.2 Å². The van der Waals surface area contributed by atoms with Crippen molar-refractivity contribution in [3.8, 4) is 11.1 Å². The maximum Gasteiger partial charge on any atom is 0.411 e. The maximum absolute atomic E-state index is 14.1. The number of halogens is 1. The number of hydrogen-bond acceptors (Lipinski definition) is 4. The van der Waals surface area contributed by atoms with E-state index in [9.17, 15) is 9.18 Å². The molecule has 0 bridgehead atoms. The lowest BCUT2D eigenvalue weighted by atomic mass is 9.95. The van der Waals surface area contributed by atoms with Crippen LogP contribution in [0.3, 0.4) is 0 Å². The second kappa shape index (κ2) is 8.83. The number of anilines is 1. The molecule has 1 saturated heterocycles. The van der Waals surface area contributed by atoms with E-state index in [1.807, 2.05) is 29.6 Å². The minimum Gasteiger partial charge on any atom is -0.446 e. The molecule has 2 aromatic carbocycles. The van der Waals surface area contributed by atoms with Crippen LogP contribution in [0, 0.1) is 17.7 Å². The number of carbonyl (C=O) groups excluding carboxylic acids is 1.